The fourth-order valence-corrected chi connectivity index (χ4v) is 2.02. The molecule has 3 heteroatoms. The van der Waals surface area contributed by atoms with Crippen molar-refractivity contribution in [3.63, 3.8) is 0 Å². The predicted octanol–water partition coefficient (Wildman–Crippen LogP) is 5.21. The Morgan fingerprint density at radius 3 is 2.11 bits per heavy atom. The van der Waals surface area contributed by atoms with Crippen LogP contribution in [0.2, 0.25) is 0 Å². The second-order valence-corrected chi connectivity index (χ2v) is 4.47. The molecule has 0 spiro atoms. The maximum absolute atomic E-state index is 11.9. The molecule has 0 aromatic heterocycles. The number of benzene rings is 1. The minimum absolute atomic E-state index is 0. The van der Waals surface area contributed by atoms with E-state index in [4.69, 9.17) is 0 Å². The van der Waals surface area contributed by atoms with Gasteiger partial charge in [-0.15, -0.1) is 24.0 Å². The van der Waals surface area contributed by atoms with E-state index in [0.29, 0.717) is 0 Å². The molecule has 0 saturated carbocycles. The Hall–Kier alpha value is -0.160. The van der Waals surface area contributed by atoms with Gasteiger partial charge in [-0.2, -0.15) is 0 Å². The van der Waals surface area contributed by atoms with Crippen LogP contribution in [0.15, 0.2) is 30.3 Å². The Labute approximate surface area is 135 Å². The van der Waals surface area contributed by atoms with E-state index in [-0.39, 0.29) is 29.8 Å². The van der Waals surface area contributed by atoms with Crippen LogP contribution in [0.3, 0.4) is 0 Å². The molecule has 1 aromatic rings. The van der Waals surface area contributed by atoms with E-state index < -0.39 is 0 Å². The van der Waals surface area contributed by atoms with Crippen LogP contribution in [0, 0.1) is 11.7 Å². The number of rotatable bonds is 1. The van der Waals surface area contributed by atoms with E-state index in [1.165, 1.54) is 44.5 Å². The highest BCUT2D eigenvalue weighted by Crippen LogP contribution is 2.17. The second kappa shape index (κ2) is 14.3. The molecular formula is C16H29FIN. The van der Waals surface area contributed by atoms with Crippen molar-refractivity contribution in [2.45, 2.75) is 40.0 Å². The van der Waals surface area contributed by atoms with Crippen molar-refractivity contribution in [1.29, 1.82) is 0 Å². The third-order valence-electron chi connectivity index (χ3n) is 3.03. The van der Waals surface area contributed by atoms with Crippen molar-refractivity contribution in [2.24, 2.45) is 5.92 Å². The van der Waals surface area contributed by atoms with Crippen LogP contribution in [-0.4, -0.2) is 25.0 Å². The third-order valence-corrected chi connectivity index (χ3v) is 3.03. The summed E-state index contributed by atoms with van der Waals surface area (Å²) in [4.78, 5) is 2.44. The largest absolute Gasteiger partial charge is 0.306 e. The van der Waals surface area contributed by atoms with Gasteiger partial charge in [0, 0.05) is 6.54 Å². The molecule has 0 aliphatic carbocycles. The smallest absolute Gasteiger partial charge is 0.123 e. The van der Waals surface area contributed by atoms with Crippen molar-refractivity contribution in [3.8, 4) is 0 Å². The minimum atomic E-state index is -0.178. The first-order chi connectivity index (χ1) is 8.72. The molecule has 0 unspecified atom stereocenters. The molecule has 19 heavy (non-hydrogen) atoms. The van der Waals surface area contributed by atoms with Gasteiger partial charge in [-0.05, 0) is 44.5 Å². The number of hydrogen-bond donors (Lipinski definition) is 0. The first kappa shape index (κ1) is 21.1. The molecule has 2 rings (SSSR count). The zero-order chi connectivity index (χ0) is 13.8. The summed E-state index contributed by atoms with van der Waals surface area (Å²) in [5.41, 5.74) is 0. The van der Waals surface area contributed by atoms with Crippen LogP contribution in [0.1, 0.15) is 40.0 Å². The zero-order valence-corrected chi connectivity index (χ0v) is 15.1. The molecule has 1 atom stereocenters. The van der Waals surface area contributed by atoms with Crippen molar-refractivity contribution in [3.05, 3.63) is 36.1 Å². The number of piperidine rings is 1. The summed E-state index contributed by atoms with van der Waals surface area (Å²) >= 11 is 0. The first-order valence-electron chi connectivity index (χ1n) is 7.11. The number of nitrogens with zero attached hydrogens (tertiary/aromatic N) is 1. The molecule has 1 aromatic carbocycles. The van der Waals surface area contributed by atoms with Gasteiger partial charge < -0.3 is 4.90 Å². The third kappa shape index (κ3) is 11.4. The summed E-state index contributed by atoms with van der Waals surface area (Å²) in [5.74, 6) is 0.811. The molecular weight excluding hydrogens is 352 g/mol. The first-order valence-corrected chi connectivity index (χ1v) is 7.11. The molecule has 1 saturated heterocycles. The molecule has 112 valence electrons. The molecule has 0 N–H and O–H groups in total. The highest BCUT2D eigenvalue weighted by atomic mass is 127. The number of likely N-dealkylation sites (tertiary alicyclic amines) is 1. The van der Waals surface area contributed by atoms with Gasteiger partial charge in [-0.3, -0.25) is 0 Å². The summed E-state index contributed by atoms with van der Waals surface area (Å²) in [7, 11) is 2.22. The van der Waals surface area contributed by atoms with E-state index >= 15 is 0 Å². The lowest BCUT2D eigenvalue weighted by molar-refractivity contribution is 0.206. The lowest BCUT2D eigenvalue weighted by atomic mass is 9.96. The van der Waals surface area contributed by atoms with E-state index in [0.717, 1.165) is 5.92 Å². The van der Waals surface area contributed by atoms with Crippen molar-refractivity contribution in [1.82, 2.24) is 4.90 Å². The fraction of sp³-hybridized carbons (Fsp3) is 0.625. The fourth-order valence-electron chi connectivity index (χ4n) is 2.02. The summed E-state index contributed by atoms with van der Waals surface area (Å²) in [6.45, 7) is 8.94. The lowest BCUT2D eigenvalue weighted by Gasteiger charge is -2.28. The SMILES string of the molecule is CC.CC[C@H]1CCCN(C)C1.Fc1ccccc1.I. The van der Waals surface area contributed by atoms with Crippen LogP contribution < -0.4 is 0 Å². The van der Waals surface area contributed by atoms with E-state index in [1.54, 1.807) is 18.2 Å². The van der Waals surface area contributed by atoms with Gasteiger partial charge in [0.05, 0.1) is 0 Å². The van der Waals surface area contributed by atoms with Crippen molar-refractivity contribution in [2.75, 3.05) is 20.1 Å². The van der Waals surface area contributed by atoms with E-state index in [2.05, 4.69) is 18.9 Å². The van der Waals surface area contributed by atoms with Gasteiger partial charge in [-0.1, -0.05) is 45.4 Å². The normalized spacial score (nSPS) is 18.1. The van der Waals surface area contributed by atoms with E-state index in [9.17, 15) is 4.39 Å². The predicted molar refractivity (Wildman–Crippen MR) is 93.7 cm³/mol. The minimum Gasteiger partial charge on any atom is -0.306 e. The Morgan fingerprint density at radius 2 is 1.79 bits per heavy atom. The molecule has 1 nitrogen and oxygen atoms in total. The summed E-state index contributed by atoms with van der Waals surface area (Å²) < 4.78 is 11.9. The Balaban J connectivity index is 0. The standard InChI is InChI=1S/C8H17N.C6H5F.C2H6.HI/c1-3-8-5-4-6-9(2)7-8;7-6-4-2-1-3-5-6;1-2;/h8H,3-7H2,1-2H3;1-5H;1-2H3;1H/t8-;;;/m0.../s1. The quantitative estimate of drug-likeness (QED) is 0.604. The maximum atomic E-state index is 11.9. The molecule has 0 amide bonds. The van der Waals surface area contributed by atoms with Crippen LogP contribution in [-0.2, 0) is 0 Å². The molecule has 0 bridgehead atoms. The Morgan fingerprint density at radius 1 is 1.21 bits per heavy atom. The molecule has 1 aliphatic heterocycles. The van der Waals surface area contributed by atoms with Crippen LogP contribution in [0.5, 0.6) is 0 Å². The lowest BCUT2D eigenvalue weighted by Crippen LogP contribution is -2.31. The maximum Gasteiger partial charge on any atom is 0.123 e. The zero-order valence-electron chi connectivity index (χ0n) is 12.7. The topological polar surface area (TPSA) is 3.24 Å². The van der Waals surface area contributed by atoms with Crippen LogP contribution in [0.25, 0.3) is 0 Å². The molecule has 1 heterocycles. The van der Waals surface area contributed by atoms with Crippen molar-refractivity contribution < 1.29 is 4.39 Å². The van der Waals surface area contributed by atoms with Gasteiger partial charge >= 0.3 is 0 Å². The van der Waals surface area contributed by atoms with Gasteiger partial charge in [0.15, 0.2) is 0 Å². The molecule has 1 fully saturated rings. The second-order valence-electron chi connectivity index (χ2n) is 4.47. The summed E-state index contributed by atoms with van der Waals surface area (Å²) in [5, 5.41) is 0. The number of halogens is 2. The van der Waals surface area contributed by atoms with Crippen LogP contribution >= 0.6 is 24.0 Å². The molecule has 1 aliphatic rings. The van der Waals surface area contributed by atoms with Crippen LogP contribution in [0.4, 0.5) is 4.39 Å². The van der Waals surface area contributed by atoms with Gasteiger partial charge in [0.25, 0.3) is 0 Å². The Kier molecular flexibility index (Phi) is 15.9. The highest BCUT2D eigenvalue weighted by molar-refractivity contribution is 14.0. The van der Waals surface area contributed by atoms with Gasteiger partial charge in [0.1, 0.15) is 5.82 Å². The summed E-state index contributed by atoms with van der Waals surface area (Å²) in [6, 6.07) is 7.94. The summed E-state index contributed by atoms with van der Waals surface area (Å²) in [6.07, 6.45) is 4.24. The number of hydrogen-bond acceptors (Lipinski definition) is 1. The Bertz CT molecular complexity index is 279. The highest BCUT2D eigenvalue weighted by Gasteiger charge is 2.14. The van der Waals surface area contributed by atoms with Gasteiger partial charge in [0.2, 0.25) is 0 Å². The monoisotopic (exact) mass is 381 g/mol. The van der Waals surface area contributed by atoms with Crippen molar-refractivity contribution >= 4 is 24.0 Å². The van der Waals surface area contributed by atoms with E-state index in [1.807, 2.05) is 13.8 Å². The average Bonchev–Trinajstić information content (AvgIpc) is 2.42. The molecule has 0 radical (unpaired) electrons. The van der Waals surface area contributed by atoms with Gasteiger partial charge in [-0.25, -0.2) is 4.39 Å². The average molecular weight is 381 g/mol.